The molecule has 1 unspecified atom stereocenters. The van der Waals surface area contributed by atoms with Gasteiger partial charge in [-0.15, -0.1) is 0 Å². The molecule has 19 heavy (non-hydrogen) atoms. The largest absolute Gasteiger partial charge is 0.271 e. The Hall–Kier alpha value is -0.870. The summed E-state index contributed by atoms with van der Waals surface area (Å²) in [5.41, 5.74) is 6.30. The minimum Gasteiger partial charge on any atom is -0.271 e. The van der Waals surface area contributed by atoms with E-state index in [4.69, 9.17) is 17.4 Å². The van der Waals surface area contributed by atoms with Crippen molar-refractivity contribution in [2.75, 3.05) is 0 Å². The van der Waals surface area contributed by atoms with Crippen LogP contribution in [0, 0.1) is 6.92 Å². The SMILES string of the molecule is Cc1cc(C(Cc2ccccc2Br)NN)ccc1Cl. The smallest absolute Gasteiger partial charge is 0.0500 e. The molecule has 0 aromatic heterocycles. The number of nitrogens with one attached hydrogen (secondary N) is 1. The molecule has 0 heterocycles. The maximum Gasteiger partial charge on any atom is 0.0500 e. The van der Waals surface area contributed by atoms with Crippen molar-refractivity contribution in [1.82, 2.24) is 5.43 Å². The van der Waals surface area contributed by atoms with Gasteiger partial charge in [-0.25, -0.2) is 0 Å². The summed E-state index contributed by atoms with van der Waals surface area (Å²) >= 11 is 9.62. The van der Waals surface area contributed by atoms with Crippen LogP contribution in [-0.4, -0.2) is 0 Å². The molecule has 2 aromatic rings. The summed E-state index contributed by atoms with van der Waals surface area (Å²) in [6.45, 7) is 2.00. The lowest BCUT2D eigenvalue weighted by Gasteiger charge is -2.18. The van der Waals surface area contributed by atoms with Crippen LogP contribution in [0.25, 0.3) is 0 Å². The quantitative estimate of drug-likeness (QED) is 0.648. The molecule has 0 aliphatic rings. The maximum atomic E-state index is 6.05. The second-order valence-corrected chi connectivity index (χ2v) is 5.78. The Labute approximate surface area is 127 Å². The fourth-order valence-corrected chi connectivity index (χ4v) is 2.61. The minimum atomic E-state index is 0.0645. The predicted molar refractivity (Wildman–Crippen MR) is 84.1 cm³/mol. The van der Waals surface area contributed by atoms with Gasteiger partial charge in [0.1, 0.15) is 0 Å². The topological polar surface area (TPSA) is 38.0 Å². The fraction of sp³-hybridized carbons (Fsp3) is 0.200. The summed E-state index contributed by atoms with van der Waals surface area (Å²) in [5.74, 6) is 5.69. The van der Waals surface area contributed by atoms with Crippen LogP contribution in [0.3, 0.4) is 0 Å². The minimum absolute atomic E-state index is 0.0645. The van der Waals surface area contributed by atoms with Crippen LogP contribution >= 0.6 is 27.5 Å². The first kappa shape index (κ1) is 14.5. The third-order valence-electron chi connectivity index (χ3n) is 3.17. The van der Waals surface area contributed by atoms with Crippen molar-refractivity contribution < 1.29 is 0 Å². The molecule has 2 rings (SSSR count). The number of hydrogen-bond donors (Lipinski definition) is 2. The van der Waals surface area contributed by atoms with Crippen molar-refractivity contribution in [3.05, 3.63) is 68.7 Å². The zero-order chi connectivity index (χ0) is 13.8. The molecule has 3 N–H and O–H groups in total. The Morgan fingerprint density at radius 2 is 2.00 bits per heavy atom. The van der Waals surface area contributed by atoms with E-state index in [2.05, 4.69) is 33.5 Å². The lowest BCUT2D eigenvalue weighted by Crippen LogP contribution is -2.29. The molecule has 100 valence electrons. The molecular formula is C15H16BrClN2. The second-order valence-electron chi connectivity index (χ2n) is 4.52. The monoisotopic (exact) mass is 338 g/mol. The first-order valence-electron chi connectivity index (χ1n) is 6.07. The van der Waals surface area contributed by atoms with Gasteiger partial charge in [0.05, 0.1) is 6.04 Å². The lowest BCUT2D eigenvalue weighted by molar-refractivity contribution is 0.551. The van der Waals surface area contributed by atoms with E-state index >= 15 is 0 Å². The summed E-state index contributed by atoms with van der Waals surface area (Å²) in [6, 6.07) is 14.2. The molecule has 4 heteroatoms. The molecular weight excluding hydrogens is 324 g/mol. The molecule has 0 saturated heterocycles. The molecule has 0 aliphatic carbocycles. The first-order chi connectivity index (χ1) is 9.11. The lowest BCUT2D eigenvalue weighted by atomic mass is 9.98. The van der Waals surface area contributed by atoms with Crippen molar-refractivity contribution in [2.45, 2.75) is 19.4 Å². The second kappa shape index (κ2) is 6.53. The van der Waals surface area contributed by atoms with Crippen LogP contribution in [0.4, 0.5) is 0 Å². The van der Waals surface area contributed by atoms with Crippen molar-refractivity contribution in [1.29, 1.82) is 0 Å². The van der Waals surface area contributed by atoms with Gasteiger partial charge in [-0.05, 0) is 42.2 Å². The van der Waals surface area contributed by atoms with E-state index in [1.54, 1.807) is 0 Å². The third kappa shape index (κ3) is 3.57. The van der Waals surface area contributed by atoms with Gasteiger partial charge in [-0.3, -0.25) is 11.3 Å². The van der Waals surface area contributed by atoms with Gasteiger partial charge in [0, 0.05) is 9.50 Å². The van der Waals surface area contributed by atoms with E-state index in [1.807, 2.05) is 37.3 Å². The summed E-state index contributed by atoms with van der Waals surface area (Å²) in [6.07, 6.45) is 0.818. The van der Waals surface area contributed by atoms with Crippen LogP contribution in [0.1, 0.15) is 22.7 Å². The molecule has 0 spiro atoms. The summed E-state index contributed by atoms with van der Waals surface area (Å²) in [5, 5.41) is 0.778. The fourth-order valence-electron chi connectivity index (χ4n) is 2.04. The van der Waals surface area contributed by atoms with Crippen LogP contribution < -0.4 is 11.3 Å². The van der Waals surface area contributed by atoms with E-state index in [0.29, 0.717) is 0 Å². The summed E-state index contributed by atoms with van der Waals surface area (Å²) in [4.78, 5) is 0. The Bertz CT molecular complexity index is 572. The van der Waals surface area contributed by atoms with Gasteiger partial charge in [0.15, 0.2) is 0 Å². The first-order valence-corrected chi connectivity index (χ1v) is 7.24. The normalized spacial score (nSPS) is 12.4. The van der Waals surface area contributed by atoms with E-state index in [0.717, 1.165) is 27.0 Å². The predicted octanol–water partition coefficient (Wildman–Crippen LogP) is 4.16. The molecule has 0 aliphatic heterocycles. The highest BCUT2D eigenvalue weighted by Gasteiger charge is 2.13. The van der Waals surface area contributed by atoms with Crippen LogP contribution in [-0.2, 0) is 6.42 Å². The Kier molecular flexibility index (Phi) is 4.99. The summed E-state index contributed by atoms with van der Waals surface area (Å²) in [7, 11) is 0. The molecule has 2 aromatic carbocycles. The Balaban J connectivity index is 2.25. The molecule has 1 atom stereocenters. The van der Waals surface area contributed by atoms with E-state index in [9.17, 15) is 0 Å². The summed E-state index contributed by atoms with van der Waals surface area (Å²) < 4.78 is 1.10. The zero-order valence-electron chi connectivity index (χ0n) is 10.7. The molecule has 0 radical (unpaired) electrons. The number of benzene rings is 2. The van der Waals surface area contributed by atoms with Crippen LogP contribution in [0.5, 0.6) is 0 Å². The van der Waals surface area contributed by atoms with Gasteiger partial charge in [0.2, 0.25) is 0 Å². The highest BCUT2D eigenvalue weighted by atomic mass is 79.9. The number of hydrazine groups is 1. The molecule has 0 fully saturated rings. The van der Waals surface area contributed by atoms with E-state index < -0.39 is 0 Å². The standard InChI is InChI=1S/C15H16BrClN2/c1-10-8-12(6-7-14(10)17)15(19-18)9-11-4-2-3-5-13(11)16/h2-8,15,19H,9,18H2,1H3. The maximum absolute atomic E-state index is 6.05. The number of hydrogen-bond acceptors (Lipinski definition) is 2. The molecule has 0 saturated carbocycles. The Morgan fingerprint density at radius 3 is 2.63 bits per heavy atom. The van der Waals surface area contributed by atoms with Gasteiger partial charge in [-0.2, -0.15) is 0 Å². The van der Waals surface area contributed by atoms with Crippen molar-refractivity contribution in [3.8, 4) is 0 Å². The molecule has 0 bridgehead atoms. The van der Waals surface area contributed by atoms with Crippen LogP contribution in [0.15, 0.2) is 46.9 Å². The van der Waals surface area contributed by atoms with Crippen molar-refractivity contribution in [3.63, 3.8) is 0 Å². The highest BCUT2D eigenvalue weighted by molar-refractivity contribution is 9.10. The average Bonchev–Trinajstić information content (AvgIpc) is 2.41. The molecule has 2 nitrogen and oxygen atoms in total. The molecule has 0 amide bonds. The number of halogens is 2. The number of nitrogens with two attached hydrogens (primary N) is 1. The van der Waals surface area contributed by atoms with Crippen molar-refractivity contribution >= 4 is 27.5 Å². The third-order valence-corrected chi connectivity index (χ3v) is 4.37. The zero-order valence-corrected chi connectivity index (χ0v) is 13.0. The van der Waals surface area contributed by atoms with Crippen LogP contribution in [0.2, 0.25) is 5.02 Å². The van der Waals surface area contributed by atoms with Gasteiger partial charge < -0.3 is 0 Å². The Morgan fingerprint density at radius 1 is 1.26 bits per heavy atom. The van der Waals surface area contributed by atoms with E-state index in [1.165, 1.54) is 5.56 Å². The number of aryl methyl sites for hydroxylation is 1. The van der Waals surface area contributed by atoms with Gasteiger partial charge >= 0.3 is 0 Å². The number of rotatable bonds is 4. The van der Waals surface area contributed by atoms with Gasteiger partial charge in [0.25, 0.3) is 0 Å². The highest BCUT2D eigenvalue weighted by Crippen LogP contribution is 2.25. The van der Waals surface area contributed by atoms with Crippen molar-refractivity contribution in [2.24, 2.45) is 5.84 Å². The van der Waals surface area contributed by atoms with E-state index in [-0.39, 0.29) is 6.04 Å². The average molecular weight is 340 g/mol. The van der Waals surface area contributed by atoms with Gasteiger partial charge in [-0.1, -0.05) is 57.9 Å².